The highest BCUT2D eigenvalue weighted by Crippen LogP contribution is 2.35. The van der Waals surface area contributed by atoms with E-state index in [-0.39, 0.29) is 29.4 Å². The molecule has 1 aromatic carbocycles. The first-order chi connectivity index (χ1) is 6.65. The van der Waals surface area contributed by atoms with Gasteiger partial charge in [0, 0.05) is 18.1 Å². The first kappa shape index (κ1) is 12.7. The molecular weight excluding hydrogens is 297 g/mol. The Hall–Kier alpha value is -0.380. The van der Waals surface area contributed by atoms with Crippen molar-refractivity contribution in [3.8, 4) is 0 Å². The van der Waals surface area contributed by atoms with Crippen molar-refractivity contribution in [2.45, 2.75) is 32.6 Å². The summed E-state index contributed by atoms with van der Waals surface area (Å²) in [7, 11) is 0. The molecule has 1 aliphatic rings. The fourth-order valence-corrected chi connectivity index (χ4v) is 2.22. The van der Waals surface area contributed by atoms with Crippen LogP contribution in [-0.4, -0.2) is 17.3 Å². The van der Waals surface area contributed by atoms with Gasteiger partial charge in [0.25, 0.3) is 0 Å². The van der Waals surface area contributed by atoms with E-state index in [0.29, 0.717) is 0 Å². The van der Waals surface area contributed by atoms with Crippen molar-refractivity contribution >= 4 is 11.9 Å². The Labute approximate surface area is 109 Å². The topological polar surface area (TPSA) is 3.01 Å². The highest BCUT2D eigenvalue weighted by atomic mass is 127. The second-order valence-electron chi connectivity index (χ2n) is 4.56. The monoisotopic (exact) mass is 315 g/mol. The molecule has 0 saturated heterocycles. The van der Waals surface area contributed by atoms with Crippen LogP contribution in [0.3, 0.4) is 0 Å². The van der Waals surface area contributed by atoms with Crippen LogP contribution in [0, 0.1) is 0 Å². The van der Waals surface area contributed by atoms with E-state index in [9.17, 15) is 0 Å². The molecule has 2 heteroatoms. The molecule has 15 heavy (non-hydrogen) atoms. The molecule has 0 radical (unpaired) electrons. The molecule has 0 amide bonds. The van der Waals surface area contributed by atoms with E-state index in [1.165, 1.54) is 17.7 Å². The summed E-state index contributed by atoms with van der Waals surface area (Å²) in [5.41, 5.74) is 3.04. The lowest BCUT2D eigenvalue weighted by molar-refractivity contribution is -0.433. The molecule has 0 spiro atoms. The van der Waals surface area contributed by atoms with Crippen LogP contribution in [0.4, 0.5) is 5.69 Å². The SMILES string of the molecule is CCC[N+]1=CC(C)(C)c2ccccc21.[I-]. The highest BCUT2D eigenvalue weighted by Gasteiger charge is 2.35. The average molecular weight is 315 g/mol. The molecule has 0 aromatic heterocycles. The van der Waals surface area contributed by atoms with Crippen molar-refractivity contribution in [2.24, 2.45) is 0 Å². The number of fused-ring (bicyclic) bond motifs is 1. The zero-order chi connectivity index (χ0) is 10.2. The Morgan fingerprint density at radius 3 is 2.53 bits per heavy atom. The molecule has 1 aliphatic heterocycles. The van der Waals surface area contributed by atoms with Crippen LogP contribution >= 0.6 is 0 Å². The lowest BCUT2D eigenvalue weighted by Crippen LogP contribution is -3.00. The fourth-order valence-electron chi connectivity index (χ4n) is 2.22. The van der Waals surface area contributed by atoms with Crippen molar-refractivity contribution in [2.75, 3.05) is 6.54 Å². The van der Waals surface area contributed by atoms with E-state index < -0.39 is 0 Å². The van der Waals surface area contributed by atoms with Crippen LogP contribution < -0.4 is 24.0 Å². The molecule has 1 aromatic rings. The van der Waals surface area contributed by atoms with Gasteiger partial charge in [-0.25, -0.2) is 4.58 Å². The Bertz CT molecular complexity index is 380. The molecule has 0 unspecified atom stereocenters. The predicted molar refractivity (Wildman–Crippen MR) is 60.6 cm³/mol. The molecule has 0 bridgehead atoms. The summed E-state index contributed by atoms with van der Waals surface area (Å²) >= 11 is 0. The van der Waals surface area contributed by atoms with Crippen LogP contribution in [0.15, 0.2) is 24.3 Å². The van der Waals surface area contributed by atoms with Gasteiger partial charge in [-0.05, 0) is 13.8 Å². The summed E-state index contributed by atoms with van der Waals surface area (Å²) in [6.07, 6.45) is 3.54. The quantitative estimate of drug-likeness (QED) is 0.538. The number of rotatable bonds is 2. The van der Waals surface area contributed by atoms with E-state index in [0.717, 1.165) is 6.54 Å². The molecule has 82 valence electrons. The van der Waals surface area contributed by atoms with Gasteiger partial charge in [-0.1, -0.05) is 25.1 Å². The van der Waals surface area contributed by atoms with Crippen LogP contribution in [-0.2, 0) is 5.41 Å². The van der Waals surface area contributed by atoms with E-state index >= 15 is 0 Å². The van der Waals surface area contributed by atoms with Gasteiger partial charge in [-0.2, -0.15) is 0 Å². The Kier molecular flexibility index (Phi) is 3.93. The van der Waals surface area contributed by atoms with Gasteiger partial charge in [0.05, 0.1) is 5.41 Å². The predicted octanol–water partition coefficient (Wildman–Crippen LogP) is 0.107. The van der Waals surface area contributed by atoms with Crippen molar-refractivity contribution in [1.29, 1.82) is 0 Å². The van der Waals surface area contributed by atoms with Crippen molar-refractivity contribution < 1.29 is 28.6 Å². The first-order valence-corrected chi connectivity index (χ1v) is 5.37. The van der Waals surface area contributed by atoms with E-state index in [1.54, 1.807) is 0 Å². The van der Waals surface area contributed by atoms with E-state index in [1.807, 2.05) is 0 Å². The summed E-state index contributed by atoms with van der Waals surface area (Å²) in [6.45, 7) is 7.91. The maximum absolute atomic E-state index is 2.38. The lowest BCUT2D eigenvalue weighted by Gasteiger charge is -2.09. The van der Waals surface area contributed by atoms with Gasteiger partial charge in [0.15, 0.2) is 6.21 Å². The molecule has 0 saturated carbocycles. The molecule has 1 heterocycles. The number of halogens is 1. The van der Waals surface area contributed by atoms with Crippen molar-refractivity contribution in [1.82, 2.24) is 0 Å². The number of hydrogen-bond acceptors (Lipinski definition) is 0. The third-order valence-corrected chi connectivity index (χ3v) is 2.85. The fraction of sp³-hybridized carbons (Fsp3) is 0.462. The smallest absolute Gasteiger partial charge is 0.209 e. The third kappa shape index (κ3) is 2.25. The molecule has 2 rings (SSSR count). The van der Waals surface area contributed by atoms with Gasteiger partial charge < -0.3 is 24.0 Å². The van der Waals surface area contributed by atoms with E-state index in [4.69, 9.17) is 0 Å². The number of hydrogen-bond donors (Lipinski definition) is 0. The Morgan fingerprint density at radius 1 is 1.20 bits per heavy atom. The first-order valence-electron chi connectivity index (χ1n) is 5.37. The maximum Gasteiger partial charge on any atom is 0.209 e. The Balaban J connectivity index is 0.00000112. The van der Waals surface area contributed by atoms with Crippen molar-refractivity contribution in [3.63, 3.8) is 0 Å². The lowest BCUT2D eigenvalue weighted by atomic mass is 9.87. The number of para-hydroxylation sites is 1. The van der Waals surface area contributed by atoms with Gasteiger partial charge in [-0.3, -0.25) is 0 Å². The second kappa shape index (κ2) is 4.64. The van der Waals surface area contributed by atoms with Crippen LogP contribution in [0.5, 0.6) is 0 Å². The maximum atomic E-state index is 2.38. The van der Waals surface area contributed by atoms with Crippen LogP contribution in [0.2, 0.25) is 0 Å². The van der Waals surface area contributed by atoms with E-state index in [2.05, 4.69) is 55.8 Å². The van der Waals surface area contributed by atoms with Gasteiger partial charge in [-0.15, -0.1) is 0 Å². The summed E-state index contributed by atoms with van der Waals surface area (Å²) in [6, 6.07) is 8.71. The minimum Gasteiger partial charge on any atom is -1.00 e. The normalized spacial score (nSPS) is 16.6. The molecule has 0 atom stereocenters. The zero-order valence-corrected chi connectivity index (χ0v) is 11.8. The van der Waals surface area contributed by atoms with Gasteiger partial charge in [0.1, 0.15) is 6.54 Å². The molecule has 1 nitrogen and oxygen atoms in total. The largest absolute Gasteiger partial charge is 1.00 e. The third-order valence-electron chi connectivity index (χ3n) is 2.85. The molecule has 0 N–H and O–H groups in total. The van der Waals surface area contributed by atoms with Crippen LogP contribution in [0.25, 0.3) is 0 Å². The van der Waals surface area contributed by atoms with Gasteiger partial charge >= 0.3 is 0 Å². The summed E-state index contributed by atoms with van der Waals surface area (Å²) in [5, 5.41) is 0. The number of benzene rings is 1. The molecular formula is C13H18IN. The highest BCUT2D eigenvalue weighted by molar-refractivity contribution is 5.76. The minimum absolute atomic E-state index is 0. The zero-order valence-electron chi connectivity index (χ0n) is 9.63. The van der Waals surface area contributed by atoms with Crippen LogP contribution in [0.1, 0.15) is 32.8 Å². The standard InChI is InChI=1S/C13H18N.HI/c1-4-9-14-10-13(2,3)11-7-5-6-8-12(11)14;/h5-8,10H,4,9H2,1-3H3;1H/q+1;/p-1. The van der Waals surface area contributed by atoms with Crippen molar-refractivity contribution in [3.05, 3.63) is 29.8 Å². The molecule has 0 fully saturated rings. The van der Waals surface area contributed by atoms with Gasteiger partial charge in [0.2, 0.25) is 5.69 Å². The second-order valence-corrected chi connectivity index (χ2v) is 4.56. The average Bonchev–Trinajstić information content (AvgIpc) is 2.41. The minimum atomic E-state index is 0. The summed E-state index contributed by atoms with van der Waals surface area (Å²) in [4.78, 5) is 0. The number of nitrogens with zero attached hydrogens (tertiary/aromatic N) is 1. The molecule has 0 aliphatic carbocycles. The Morgan fingerprint density at radius 2 is 1.87 bits per heavy atom. The summed E-state index contributed by atoms with van der Waals surface area (Å²) < 4.78 is 2.38. The summed E-state index contributed by atoms with van der Waals surface area (Å²) in [5.74, 6) is 0.